The van der Waals surface area contributed by atoms with Gasteiger partial charge < -0.3 is 14.3 Å². The van der Waals surface area contributed by atoms with Gasteiger partial charge in [0.25, 0.3) is 0 Å². The predicted octanol–water partition coefficient (Wildman–Crippen LogP) is 8.48. The SMILES string of the molecule is CC[C@H](O)C(C)(C)C(=O)[C@H](C)/C(C)=C(\C)C(C)OC(=O)[C@H](O[Si](C)(C)C(C)(C)C)C(c1ccccc1)c1ccccc1. The van der Waals surface area contributed by atoms with Crippen molar-refractivity contribution in [1.29, 1.82) is 0 Å². The first-order valence-electron chi connectivity index (χ1n) is 15.2. The van der Waals surface area contributed by atoms with Crippen LogP contribution in [0.4, 0.5) is 0 Å². The van der Waals surface area contributed by atoms with Crippen molar-refractivity contribution in [2.75, 3.05) is 0 Å². The van der Waals surface area contributed by atoms with Crippen LogP contribution >= 0.6 is 0 Å². The molecule has 0 heterocycles. The van der Waals surface area contributed by atoms with Gasteiger partial charge >= 0.3 is 5.97 Å². The predicted molar refractivity (Wildman–Crippen MR) is 175 cm³/mol. The van der Waals surface area contributed by atoms with Crippen molar-refractivity contribution in [3.8, 4) is 0 Å². The van der Waals surface area contributed by atoms with Crippen molar-refractivity contribution >= 4 is 20.1 Å². The van der Waals surface area contributed by atoms with E-state index in [2.05, 4.69) is 33.9 Å². The molecule has 0 aliphatic carbocycles. The maximum Gasteiger partial charge on any atom is 0.335 e. The molecule has 0 bridgehead atoms. The zero-order valence-corrected chi connectivity index (χ0v) is 28.9. The first-order chi connectivity index (χ1) is 19.4. The highest BCUT2D eigenvalue weighted by molar-refractivity contribution is 6.74. The van der Waals surface area contributed by atoms with Crippen LogP contribution in [0.1, 0.15) is 92.7 Å². The van der Waals surface area contributed by atoms with Gasteiger partial charge in [0.2, 0.25) is 0 Å². The van der Waals surface area contributed by atoms with E-state index in [4.69, 9.17) is 9.16 Å². The van der Waals surface area contributed by atoms with E-state index in [1.54, 1.807) is 13.8 Å². The molecule has 42 heavy (non-hydrogen) atoms. The van der Waals surface area contributed by atoms with Crippen LogP contribution in [0.2, 0.25) is 18.1 Å². The van der Waals surface area contributed by atoms with Crippen molar-refractivity contribution < 1.29 is 23.9 Å². The number of carbonyl (C=O) groups excluding carboxylic acids is 2. The van der Waals surface area contributed by atoms with Gasteiger partial charge in [0.15, 0.2) is 14.4 Å². The Kier molecular flexibility index (Phi) is 12.1. The highest BCUT2D eigenvalue weighted by atomic mass is 28.4. The Morgan fingerprint density at radius 3 is 1.69 bits per heavy atom. The normalized spacial score (nSPS) is 16.3. The van der Waals surface area contributed by atoms with Gasteiger partial charge in [-0.25, -0.2) is 4.79 Å². The maximum absolute atomic E-state index is 14.2. The lowest BCUT2D eigenvalue weighted by Crippen LogP contribution is -2.49. The number of Topliss-reactive ketones (excluding diaryl/α,β-unsaturated/α-hetero) is 1. The summed E-state index contributed by atoms with van der Waals surface area (Å²) in [5, 5.41) is 10.4. The summed E-state index contributed by atoms with van der Waals surface area (Å²) in [7, 11) is -2.41. The minimum atomic E-state index is -2.41. The molecule has 232 valence electrons. The molecule has 0 saturated heterocycles. The van der Waals surface area contributed by atoms with E-state index in [1.807, 2.05) is 95.3 Å². The molecule has 0 spiro atoms. The fraction of sp³-hybridized carbons (Fsp3) is 0.556. The summed E-state index contributed by atoms with van der Waals surface area (Å²) in [6, 6.07) is 20.0. The summed E-state index contributed by atoms with van der Waals surface area (Å²) < 4.78 is 13.1. The van der Waals surface area contributed by atoms with Crippen LogP contribution < -0.4 is 0 Å². The molecular formula is C36H54O5Si. The standard InChI is InChI=1S/C36H54O5Si/c1-13-30(37)36(9,10)33(38)26(4)24(2)25(3)27(5)40-34(39)32(41-42(11,12)35(6,7)8)31(28-20-16-14-17-21-28)29-22-18-15-19-23-29/h14-23,26-27,30-32,37H,13H2,1-12H3/b25-24+/t26-,27?,30+,32-/m1/s1. The third-order valence-electron chi connectivity index (χ3n) is 9.50. The molecule has 6 heteroatoms. The molecule has 4 atom stereocenters. The number of carbonyl (C=O) groups is 2. The average Bonchev–Trinajstić information content (AvgIpc) is 2.94. The lowest BCUT2D eigenvalue weighted by molar-refractivity contribution is -0.156. The molecule has 0 saturated carbocycles. The fourth-order valence-corrected chi connectivity index (χ4v) is 6.25. The van der Waals surface area contributed by atoms with Gasteiger partial charge in [0.1, 0.15) is 11.9 Å². The van der Waals surface area contributed by atoms with Crippen LogP contribution in [0.25, 0.3) is 0 Å². The zero-order chi connectivity index (χ0) is 32.0. The highest BCUT2D eigenvalue weighted by Gasteiger charge is 2.45. The minimum Gasteiger partial charge on any atom is -0.456 e. The van der Waals surface area contributed by atoms with E-state index in [9.17, 15) is 14.7 Å². The summed E-state index contributed by atoms with van der Waals surface area (Å²) in [4.78, 5) is 27.6. The smallest absolute Gasteiger partial charge is 0.335 e. The Balaban J connectivity index is 2.52. The molecule has 1 unspecified atom stereocenters. The van der Waals surface area contributed by atoms with Crippen LogP contribution in [-0.2, 0) is 18.8 Å². The number of ketones is 1. The van der Waals surface area contributed by atoms with E-state index in [0.717, 1.165) is 22.3 Å². The van der Waals surface area contributed by atoms with E-state index in [-0.39, 0.29) is 16.7 Å². The molecule has 0 amide bonds. The van der Waals surface area contributed by atoms with Crippen LogP contribution in [-0.4, -0.2) is 43.5 Å². The van der Waals surface area contributed by atoms with Crippen molar-refractivity contribution in [2.45, 2.75) is 118 Å². The third kappa shape index (κ3) is 8.30. The average molecular weight is 595 g/mol. The lowest BCUT2D eigenvalue weighted by atomic mass is 9.74. The van der Waals surface area contributed by atoms with Crippen LogP contribution in [0, 0.1) is 11.3 Å². The molecule has 0 fully saturated rings. The molecule has 0 aromatic heterocycles. The second-order valence-corrected chi connectivity index (χ2v) is 18.5. The Morgan fingerprint density at radius 2 is 1.29 bits per heavy atom. The van der Waals surface area contributed by atoms with Crippen LogP contribution in [0.15, 0.2) is 71.8 Å². The van der Waals surface area contributed by atoms with Gasteiger partial charge in [-0.15, -0.1) is 0 Å². The topological polar surface area (TPSA) is 72.8 Å². The van der Waals surface area contributed by atoms with Crippen LogP contribution in [0.3, 0.4) is 0 Å². The van der Waals surface area contributed by atoms with E-state index in [0.29, 0.717) is 6.42 Å². The van der Waals surface area contributed by atoms with Crippen molar-refractivity contribution in [3.05, 3.63) is 82.9 Å². The second kappa shape index (κ2) is 14.3. The molecule has 5 nitrogen and oxygen atoms in total. The summed E-state index contributed by atoms with van der Waals surface area (Å²) in [6.07, 6.45) is -1.65. The van der Waals surface area contributed by atoms with Gasteiger partial charge in [0, 0.05) is 17.3 Å². The highest BCUT2D eigenvalue weighted by Crippen LogP contribution is 2.41. The molecular weight excluding hydrogens is 540 g/mol. The van der Waals surface area contributed by atoms with Crippen molar-refractivity contribution in [3.63, 3.8) is 0 Å². The zero-order valence-electron chi connectivity index (χ0n) is 27.9. The number of hydrogen-bond donors (Lipinski definition) is 1. The molecule has 0 aliphatic rings. The summed E-state index contributed by atoms with van der Waals surface area (Å²) in [6.45, 7) is 23.8. The largest absolute Gasteiger partial charge is 0.456 e. The Morgan fingerprint density at radius 1 is 0.833 bits per heavy atom. The number of aliphatic hydroxyl groups is 1. The van der Waals surface area contributed by atoms with Gasteiger partial charge in [-0.2, -0.15) is 0 Å². The molecule has 2 rings (SSSR count). The van der Waals surface area contributed by atoms with E-state index in [1.165, 1.54) is 0 Å². The Labute approximate surface area is 255 Å². The minimum absolute atomic E-state index is 0.0282. The first kappa shape index (κ1) is 35.7. The molecule has 0 radical (unpaired) electrons. The Bertz CT molecular complexity index is 1170. The summed E-state index contributed by atoms with van der Waals surface area (Å²) >= 11 is 0. The molecule has 0 aliphatic heterocycles. The quantitative estimate of drug-likeness (QED) is 0.143. The monoisotopic (exact) mass is 594 g/mol. The van der Waals surface area contributed by atoms with Crippen molar-refractivity contribution in [2.24, 2.45) is 11.3 Å². The molecule has 2 aromatic carbocycles. The van der Waals surface area contributed by atoms with Gasteiger partial charge in [0.05, 0.1) is 6.10 Å². The van der Waals surface area contributed by atoms with Gasteiger partial charge in [-0.05, 0) is 62.0 Å². The van der Waals surface area contributed by atoms with Gasteiger partial charge in [-0.3, -0.25) is 4.79 Å². The van der Waals surface area contributed by atoms with Crippen molar-refractivity contribution in [1.82, 2.24) is 0 Å². The van der Waals surface area contributed by atoms with Crippen LogP contribution in [0.5, 0.6) is 0 Å². The number of hydrogen-bond acceptors (Lipinski definition) is 5. The summed E-state index contributed by atoms with van der Waals surface area (Å²) in [5.41, 5.74) is 2.76. The summed E-state index contributed by atoms with van der Waals surface area (Å²) in [5.74, 6) is -1.23. The lowest BCUT2D eigenvalue weighted by Gasteiger charge is -2.41. The number of ether oxygens (including phenoxy) is 1. The second-order valence-electron chi connectivity index (χ2n) is 13.8. The first-order valence-corrected chi connectivity index (χ1v) is 18.1. The fourth-order valence-electron chi connectivity index (χ4n) is 5.03. The third-order valence-corrected chi connectivity index (χ3v) is 14.0. The molecule has 2 aromatic rings. The van der Waals surface area contributed by atoms with E-state index >= 15 is 0 Å². The molecule has 1 N–H and O–H groups in total. The number of aliphatic hydroxyl groups excluding tert-OH is 1. The van der Waals surface area contributed by atoms with E-state index < -0.39 is 43.9 Å². The number of benzene rings is 2. The Hall–Kier alpha value is -2.54. The number of rotatable bonds is 13. The van der Waals surface area contributed by atoms with Gasteiger partial charge in [-0.1, -0.05) is 115 Å². The maximum atomic E-state index is 14.2. The number of esters is 1. The number of allylic oxidation sites excluding steroid dienone is 1.